The largest absolute Gasteiger partial charge is 0.478 e. The molecular formula is C16H12O3S2. The van der Waals surface area contributed by atoms with Gasteiger partial charge in [-0.1, -0.05) is 30.3 Å². The second kappa shape index (κ2) is 5.79. The molecule has 5 heteroatoms. The van der Waals surface area contributed by atoms with Gasteiger partial charge in [-0.05, 0) is 34.5 Å². The van der Waals surface area contributed by atoms with E-state index in [1.807, 2.05) is 29.6 Å². The van der Waals surface area contributed by atoms with Gasteiger partial charge in [-0.15, -0.1) is 11.3 Å². The van der Waals surface area contributed by atoms with Gasteiger partial charge in [0.1, 0.15) is 0 Å². The fourth-order valence-electron chi connectivity index (χ4n) is 2.21. The fourth-order valence-corrected chi connectivity index (χ4v) is 4.58. The highest BCUT2D eigenvalue weighted by Gasteiger charge is 2.16. The molecule has 3 nitrogen and oxygen atoms in total. The van der Waals surface area contributed by atoms with E-state index < -0.39 is 16.8 Å². The van der Waals surface area contributed by atoms with Crippen LogP contribution in [0.1, 0.15) is 15.9 Å². The van der Waals surface area contributed by atoms with Crippen molar-refractivity contribution < 1.29 is 14.1 Å². The first-order valence-corrected chi connectivity index (χ1v) is 8.52. The van der Waals surface area contributed by atoms with Crippen LogP contribution in [0.3, 0.4) is 0 Å². The highest BCUT2D eigenvalue weighted by Crippen LogP contribution is 2.28. The Labute approximate surface area is 128 Å². The standard InChI is InChI=1S/C16H12O3S2/c17-16(18)13-6-2-4-8-15(13)21(19)10-11-9-20-14-7-3-1-5-12(11)14/h1-9H,10H2,(H,17,18). The lowest BCUT2D eigenvalue weighted by atomic mass is 10.2. The van der Waals surface area contributed by atoms with E-state index >= 15 is 0 Å². The molecule has 0 amide bonds. The van der Waals surface area contributed by atoms with Crippen LogP contribution in [0.2, 0.25) is 0 Å². The number of benzene rings is 2. The van der Waals surface area contributed by atoms with Crippen LogP contribution in [0.15, 0.2) is 58.8 Å². The van der Waals surface area contributed by atoms with Crippen molar-refractivity contribution in [2.75, 3.05) is 0 Å². The molecule has 0 aliphatic heterocycles. The molecule has 0 fully saturated rings. The van der Waals surface area contributed by atoms with Crippen molar-refractivity contribution in [1.82, 2.24) is 0 Å². The van der Waals surface area contributed by atoms with Gasteiger partial charge in [0.15, 0.2) is 0 Å². The minimum Gasteiger partial charge on any atom is -0.478 e. The van der Waals surface area contributed by atoms with E-state index in [0.717, 1.165) is 15.6 Å². The van der Waals surface area contributed by atoms with Crippen molar-refractivity contribution in [3.05, 3.63) is 65.0 Å². The molecule has 0 bridgehead atoms. The summed E-state index contributed by atoms with van der Waals surface area (Å²) in [5.74, 6) is -0.719. The van der Waals surface area contributed by atoms with Gasteiger partial charge < -0.3 is 5.11 Å². The van der Waals surface area contributed by atoms with Gasteiger partial charge in [-0.2, -0.15) is 0 Å². The fraction of sp³-hybridized carbons (Fsp3) is 0.0625. The Bertz CT molecular complexity index is 836. The number of rotatable bonds is 4. The molecule has 106 valence electrons. The maximum atomic E-state index is 12.5. The summed E-state index contributed by atoms with van der Waals surface area (Å²) >= 11 is 1.61. The van der Waals surface area contributed by atoms with Gasteiger partial charge in [-0.25, -0.2) is 4.79 Å². The van der Waals surface area contributed by atoms with E-state index in [9.17, 15) is 14.1 Å². The van der Waals surface area contributed by atoms with Crippen LogP contribution in [0.5, 0.6) is 0 Å². The number of carbonyl (C=O) groups is 1. The molecule has 0 radical (unpaired) electrons. The Hall–Kier alpha value is -1.98. The summed E-state index contributed by atoms with van der Waals surface area (Å²) in [6, 6.07) is 14.4. The third kappa shape index (κ3) is 2.75. The predicted molar refractivity (Wildman–Crippen MR) is 85.3 cm³/mol. The number of thiophene rings is 1. The summed E-state index contributed by atoms with van der Waals surface area (Å²) in [5.41, 5.74) is 1.10. The van der Waals surface area contributed by atoms with E-state index in [2.05, 4.69) is 0 Å². The van der Waals surface area contributed by atoms with Crippen molar-refractivity contribution in [3.8, 4) is 0 Å². The van der Waals surface area contributed by atoms with Crippen LogP contribution in [-0.4, -0.2) is 15.3 Å². The number of hydrogen-bond donors (Lipinski definition) is 1. The average Bonchev–Trinajstić information content (AvgIpc) is 2.90. The molecule has 1 unspecified atom stereocenters. The van der Waals surface area contributed by atoms with E-state index in [1.54, 1.807) is 29.5 Å². The maximum Gasteiger partial charge on any atom is 0.336 e. The zero-order valence-electron chi connectivity index (χ0n) is 11.0. The molecular weight excluding hydrogens is 304 g/mol. The van der Waals surface area contributed by atoms with Gasteiger partial charge >= 0.3 is 5.97 Å². The molecule has 0 saturated heterocycles. The summed E-state index contributed by atoms with van der Waals surface area (Å²) in [7, 11) is -1.38. The highest BCUT2D eigenvalue weighted by atomic mass is 32.2. The lowest BCUT2D eigenvalue weighted by Gasteiger charge is -2.05. The molecule has 21 heavy (non-hydrogen) atoms. The van der Waals surface area contributed by atoms with Crippen molar-refractivity contribution in [2.45, 2.75) is 10.6 Å². The third-order valence-electron chi connectivity index (χ3n) is 3.21. The van der Waals surface area contributed by atoms with Crippen LogP contribution in [0, 0.1) is 0 Å². The van der Waals surface area contributed by atoms with E-state index in [-0.39, 0.29) is 5.56 Å². The molecule has 1 atom stereocenters. The predicted octanol–water partition coefficient (Wildman–Crippen LogP) is 3.91. The first kappa shape index (κ1) is 14.0. The van der Waals surface area contributed by atoms with Crippen molar-refractivity contribution in [3.63, 3.8) is 0 Å². The van der Waals surface area contributed by atoms with E-state index in [4.69, 9.17) is 0 Å². The van der Waals surface area contributed by atoms with Crippen LogP contribution in [0.25, 0.3) is 10.1 Å². The summed E-state index contributed by atoms with van der Waals surface area (Å²) in [4.78, 5) is 11.6. The topological polar surface area (TPSA) is 54.4 Å². The van der Waals surface area contributed by atoms with Crippen LogP contribution in [-0.2, 0) is 16.6 Å². The number of aromatic carboxylic acids is 1. The molecule has 1 heterocycles. The molecule has 3 aromatic rings. The van der Waals surface area contributed by atoms with Gasteiger partial charge in [0.25, 0.3) is 0 Å². The summed E-state index contributed by atoms with van der Waals surface area (Å²) < 4.78 is 13.7. The summed E-state index contributed by atoms with van der Waals surface area (Å²) in [5, 5.41) is 12.3. The molecule has 1 aromatic heterocycles. The van der Waals surface area contributed by atoms with Crippen LogP contribution >= 0.6 is 11.3 Å². The van der Waals surface area contributed by atoms with Crippen LogP contribution < -0.4 is 0 Å². The minimum atomic E-state index is -1.38. The van der Waals surface area contributed by atoms with Gasteiger partial charge in [0.05, 0.1) is 27.0 Å². The lowest BCUT2D eigenvalue weighted by Crippen LogP contribution is -2.05. The molecule has 0 aliphatic rings. The Balaban J connectivity index is 1.95. The van der Waals surface area contributed by atoms with Gasteiger partial charge in [0.2, 0.25) is 0 Å². The molecule has 0 aliphatic carbocycles. The number of carboxylic acids is 1. The summed E-state index contributed by atoms with van der Waals surface area (Å²) in [6.07, 6.45) is 0. The Morgan fingerprint density at radius 2 is 1.81 bits per heavy atom. The van der Waals surface area contributed by atoms with Crippen LogP contribution in [0.4, 0.5) is 0 Å². The normalized spacial score (nSPS) is 12.4. The molecule has 0 spiro atoms. The zero-order chi connectivity index (χ0) is 14.8. The van der Waals surface area contributed by atoms with E-state index in [0.29, 0.717) is 10.6 Å². The number of carboxylic acid groups (broad SMARTS) is 1. The monoisotopic (exact) mass is 316 g/mol. The summed E-state index contributed by atoms with van der Waals surface area (Å²) in [6.45, 7) is 0. The number of fused-ring (bicyclic) bond motifs is 1. The van der Waals surface area contributed by atoms with Crippen molar-refractivity contribution >= 4 is 38.2 Å². The molecule has 3 rings (SSSR count). The smallest absolute Gasteiger partial charge is 0.336 e. The highest BCUT2D eigenvalue weighted by molar-refractivity contribution is 7.84. The minimum absolute atomic E-state index is 0.107. The number of hydrogen-bond acceptors (Lipinski definition) is 3. The first-order valence-electron chi connectivity index (χ1n) is 6.32. The average molecular weight is 316 g/mol. The Morgan fingerprint density at radius 1 is 1.10 bits per heavy atom. The molecule has 2 aromatic carbocycles. The second-order valence-corrected chi connectivity index (χ2v) is 6.88. The van der Waals surface area contributed by atoms with Crippen molar-refractivity contribution in [1.29, 1.82) is 0 Å². The zero-order valence-corrected chi connectivity index (χ0v) is 12.6. The van der Waals surface area contributed by atoms with E-state index in [1.165, 1.54) is 6.07 Å². The van der Waals surface area contributed by atoms with Gasteiger partial charge in [0, 0.05) is 4.70 Å². The third-order valence-corrected chi connectivity index (χ3v) is 5.64. The quantitative estimate of drug-likeness (QED) is 0.794. The Kier molecular flexibility index (Phi) is 3.86. The molecule has 0 saturated carbocycles. The lowest BCUT2D eigenvalue weighted by molar-refractivity contribution is 0.0693. The maximum absolute atomic E-state index is 12.5. The molecule has 1 N–H and O–H groups in total. The van der Waals surface area contributed by atoms with Crippen molar-refractivity contribution in [2.24, 2.45) is 0 Å². The second-order valence-electron chi connectivity index (χ2n) is 4.55. The first-order chi connectivity index (χ1) is 10.2. The van der Waals surface area contributed by atoms with Gasteiger partial charge in [-0.3, -0.25) is 4.21 Å². The Morgan fingerprint density at radius 3 is 2.62 bits per heavy atom. The SMILES string of the molecule is O=C(O)c1ccccc1S(=O)Cc1csc2ccccc12.